The van der Waals surface area contributed by atoms with Crippen LogP contribution >= 0.6 is 0 Å². The van der Waals surface area contributed by atoms with Gasteiger partial charge in [0.05, 0.1) is 16.8 Å². The quantitative estimate of drug-likeness (QED) is 0.201. The van der Waals surface area contributed by atoms with Crippen LogP contribution in [0.15, 0.2) is 88.9 Å². The molecule has 0 aromatic heterocycles. The van der Waals surface area contributed by atoms with Gasteiger partial charge in [0, 0.05) is 0 Å². The first-order valence-corrected chi connectivity index (χ1v) is 14.2. The molecule has 9 nitrogen and oxygen atoms in total. The van der Waals surface area contributed by atoms with E-state index < -0.39 is 34.0 Å². The zero-order chi connectivity index (χ0) is 29.3. The number of hydrazone groups is 1. The molecule has 212 valence electrons. The molecule has 0 saturated carbocycles. The molecule has 1 amide bonds. The van der Waals surface area contributed by atoms with Crippen molar-refractivity contribution in [2.45, 2.75) is 51.0 Å². The number of nitrogens with one attached hydrogen (secondary N) is 1. The summed E-state index contributed by atoms with van der Waals surface area (Å²) >= 11 is 0. The van der Waals surface area contributed by atoms with Crippen LogP contribution in [0.5, 0.6) is 5.75 Å². The number of carbonyl (C=O) groups excluding carboxylic acids is 2. The normalized spacial score (nSPS) is 11.8. The Morgan fingerprint density at radius 2 is 1.57 bits per heavy atom. The average Bonchev–Trinajstić information content (AvgIpc) is 2.91. The Bertz CT molecular complexity index is 1410. The standard InChI is InChI=1S/C30H35N3O6S/c1-22(2)24-13-15-25(16-14-24)33(40(36,37)27-9-7-6-8-10-27)20-28(34)32-31-19-23-11-17-26(18-12-23)38-21-29(35)39-30(3,4)5/h6-19,22H,20-21H2,1-5H3,(H,32,34)/b31-19-. The van der Waals surface area contributed by atoms with Crippen molar-refractivity contribution in [2.24, 2.45) is 5.10 Å². The van der Waals surface area contributed by atoms with E-state index in [2.05, 4.69) is 10.5 Å². The maximum Gasteiger partial charge on any atom is 0.344 e. The molecule has 0 spiro atoms. The predicted molar refractivity (Wildman–Crippen MR) is 155 cm³/mol. The first kappa shape index (κ1) is 30.4. The number of benzene rings is 3. The first-order chi connectivity index (χ1) is 18.8. The molecule has 40 heavy (non-hydrogen) atoms. The molecule has 0 fully saturated rings. The summed E-state index contributed by atoms with van der Waals surface area (Å²) in [6, 6.07) is 21.8. The van der Waals surface area contributed by atoms with E-state index in [0.717, 1.165) is 9.87 Å². The number of rotatable bonds is 11. The molecular formula is C30H35N3O6S. The maximum absolute atomic E-state index is 13.4. The summed E-state index contributed by atoms with van der Waals surface area (Å²) in [5.74, 6) is -0.338. The lowest BCUT2D eigenvalue weighted by molar-refractivity contribution is -0.157. The van der Waals surface area contributed by atoms with E-state index in [0.29, 0.717) is 17.0 Å². The van der Waals surface area contributed by atoms with Gasteiger partial charge in [-0.3, -0.25) is 9.10 Å². The molecule has 1 N–H and O–H groups in total. The number of anilines is 1. The van der Waals surface area contributed by atoms with Gasteiger partial charge < -0.3 is 9.47 Å². The fourth-order valence-electron chi connectivity index (χ4n) is 3.57. The Balaban J connectivity index is 1.66. The van der Waals surface area contributed by atoms with Crippen LogP contribution in [-0.4, -0.2) is 45.3 Å². The summed E-state index contributed by atoms with van der Waals surface area (Å²) < 4.78 is 38.6. The van der Waals surface area contributed by atoms with Gasteiger partial charge in [-0.2, -0.15) is 5.10 Å². The van der Waals surface area contributed by atoms with Gasteiger partial charge in [0.2, 0.25) is 0 Å². The summed E-state index contributed by atoms with van der Waals surface area (Å²) in [6.45, 7) is 8.74. The van der Waals surface area contributed by atoms with E-state index in [1.54, 1.807) is 75.4 Å². The van der Waals surface area contributed by atoms with Crippen LogP contribution in [-0.2, 0) is 24.3 Å². The molecule has 3 aromatic carbocycles. The van der Waals surface area contributed by atoms with E-state index in [1.807, 2.05) is 26.0 Å². The van der Waals surface area contributed by atoms with Gasteiger partial charge in [-0.15, -0.1) is 0 Å². The Labute approximate surface area is 235 Å². The molecule has 3 aromatic rings. The van der Waals surface area contributed by atoms with Crippen molar-refractivity contribution in [3.63, 3.8) is 0 Å². The lowest BCUT2D eigenvalue weighted by Crippen LogP contribution is -2.39. The van der Waals surface area contributed by atoms with Crippen LogP contribution in [0, 0.1) is 0 Å². The van der Waals surface area contributed by atoms with Crippen LogP contribution < -0.4 is 14.5 Å². The van der Waals surface area contributed by atoms with Crippen LogP contribution in [0.3, 0.4) is 0 Å². The second-order valence-corrected chi connectivity index (χ2v) is 12.2. The summed E-state index contributed by atoms with van der Waals surface area (Å²) in [5.41, 5.74) is 3.88. The summed E-state index contributed by atoms with van der Waals surface area (Å²) in [5, 5.41) is 3.96. The predicted octanol–water partition coefficient (Wildman–Crippen LogP) is 4.88. The second kappa shape index (κ2) is 13.3. The minimum absolute atomic E-state index is 0.0771. The molecule has 0 aliphatic rings. The number of hydrogen-bond donors (Lipinski definition) is 1. The maximum atomic E-state index is 13.4. The van der Waals surface area contributed by atoms with E-state index >= 15 is 0 Å². The van der Waals surface area contributed by atoms with E-state index in [-0.39, 0.29) is 17.4 Å². The Kier molecular flexibility index (Phi) is 10.1. The van der Waals surface area contributed by atoms with Gasteiger partial charge in [0.1, 0.15) is 17.9 Å². The van der Waals surface area contributed by atoms with Crippen molar-refractivity contribution in [1.82, 2.24) is 5.43 Å². The van der Waals surface area contributed by atoms with Crippen molar-refractivity contribution in [3.05, 3.63) is 90.0 Å². The lowest BCUT2D eigenvalue weighted by Gasteiger charge is -2.24. The van der Waals surface area contributed by atoms with Gasteiger partial charge in [-0.25, -0.2) is 18.6 Å². The molecule has 0 radical (unpaired) electrons. The highest BCUT2D eigenvalue weighted by molar-refractivity contribution is 7.92. The first-order valence-electron chi connectivity index (χ1n) is 12.8. The van der Waals surface area contributed by atoms with Crippen LogP contribution in [0.1, 0.15) is 51.7 Å². The van der Waals surface area contributed by atoms with E-state index in [1.165, 1.54) is 18.3 Å². The fraction of sp³-hybridized carbons (Fsp3) is 0.300. The third-order valence-electron chi connectivity index (χ3n) is 5.53. The Morgan fingerprint density at radius 3 is 2.15 bits per heavy atom. The molecule has 0 aliphatic heterocycles. The van der Waals surface area contributed by atoms with Gasteiger partial charge in [-0.1, -0.05) is 44.2 Å². The highest BCUT2D eigenvalue weighted by Gasteiger charge is 2.27. The number of hydrogen-bond acceptors (Lipinski definition) is 7. The van der Waals surface area contributed by atoms with Gasteiger partial charge >= 0.3 is 5.97 Å². The minimum atomic E-state index is -4.01. The molecule has 3 rings (SSSR count). The molecule has 0 unspecified atom stereocenters. The van der Waals surface area contributed by atoms with E-state index in [9.17, 15) is 18.0 Å². The Morgan fingerprint density at radius 1 is 0.950 bits per heavy atom. The molecule has 10 heteroatoms. The van der Waals surface area contributed by atoms with E-state index in [4.69, 9.17) is 9.47 Å². The topological polar surface area (TPSA) is 114 Å². The van der Waals surface area contributed by atoms with Gasteiger partial charge in [0.15, 0.2) is 6.61 Å². The van der Waals surface area contributed by atoms with Crippen LogP contribution in [0.2, 0.25) is 0 Å². The molecule has 0 heterocycles. The highest BCUT2D eigenvalue weighted by atomic mass is 32.2. The third kappa shape index (κ3) is 8.94. The number of sulfonamides is 1. The number of amides is 1. The van der Waals surface area contributed by atoms with Gasteiger partial charge in [0.25, 0.3) is 15.9 Å². The summed E-state index contributed by atoms with van der Waals surface area (Å²) in [6.07, 6.45) is 1.42. The number of ether oxygens (including phenoxy) is 2. The SMILES string of the molecule is CC(C)c1ccc(N(CC(=O)N/N=C\c2ccc(OCC(=O)OC(C)(C)C)cc2)S(=O)(=O)c2ccccc2)cc1. The third-order valence-corrected chi connectivity index (χ3v) is 7.31. The molecule has 0 aliphatic carbocycles. The highest BCUT2D eigenvalue weighted by Crippen LogP contribution is 2.25. The molecular weight excluding hydrogens is 530 g/mol. The molecule has 0 bridgehead atoms. The molecule has 0 atom stereocenters. The van der Waals surface area contributed by atoms with Crippen molar-refractivity contribution < 1.29 is 27.5 Å². The van der Waals surface area contributed by atoms with Crippen molar-refractivity contribution in [3.8, 4) is 5.75 Å². The lowest BCUT2D eigenvalue weighted by atomic mass is 10.0. The largest absolute Gasteiger partial charge is 0.482 e. The zero-order valence-corrected chi connectivity index (χ0v) is 24.1. The van der Waals surface area contributed by atoms with Gasteiger partial charge in [-0.05, 0) is 86.3 Å². The summed E-state index contributed by atoms with van der Waals surface area (Å²) in [4.78, 5) is 24.7. The fourth-order valence-corrected chi connectivity index (χ4v) is 5.01. The van der Waals surface area contributed by atoms with Crippen molar-refractivity contribution in [1.29, 1.82) is 0 Å². The smallest absolute Gasteiger partial charge is 0.344 e. The minimum Gasteiger partial charge on any atom is -0.482 e. The van der Waals surface area contributed by atoms with Crippen molar-refractivity contribution in [2.75, 3.05) is 17.5 Å². The zero-order valence-electron chi connectivity index (χ0n) is 23.3. The monoisotopic (exact) mass is 565 g/mol. The average molecular weight is 566 g/mol. The van der Waals surface area contributed by atoms with Crippen LogP contribution in [0.4, 0.5) is 5.69 Å². The van der Waals surface area contributed by atoms with Crippen LogP contribution in [0.25, 0.3) is 0 Å². The summed E-state index contributed by atoms with van der Waals surface area (Å²) in [7, 11) is -4.01. The number of carbonyl (C=O) groups is 2. The number of nitrogens with zero attached hydrogens (tertiary/aromatic N) is 2. The second-order valence-electron chi connectivity index (χ2n) is 10.3. The van der Waals surface area contributed by atoms with Crippen molar-refractivity contribution >= 4 is 33.8 Å². The Hall–Kier alpha value is -4.18. The molecule has 0 saturated heterocycles. The number of esters is 1.